The summed E-state index contributed by atoms with van der Waals surface area (Å²) in [4.78, 5) is 60.0. The number of aryl methyl sites for hydroxylation is 1. The van der Waals surface area contributed by atoms with Crippen LogP contribution in [0, 0.1) is 12.8 Å². The number of hydrogen-bond donors (Lipinski definition) is 3. The normalized spacial score (nSPS) is 28.4. The summed E-state index contributed by atoms with van der Waals surface area (Å²) in [6.07, 6.45) is 8.24. The van der Waals surface area contributed by atoms with Crippen LogP contribution in [0.5, 0.6) is 11.6 Å². The van der Waals surface area contributed by atoms with Gasteiger partial charge in [-0.1, -0.05) is 44.2 Å². The smallest absolute Gasteiger partial charge is 0.408 e. The molecule has 6 rings (SSSR count). The number of alkyl carbamates (subject to hydrolysis) is 1. The Labute approximate surface area is 281 Å². The lowest BCUT2D eigenvalue weighted by molar-refractivity contribution is -0.146. The first kappa shape index (κ1) is 33.8. The third kappa shape index (κ3) is 7.32. The second-order valence-corrected chi connectivity index (χ2v) is 13.9. The fraction of sp³-hybridized carbons (Fsp3) is 0.639. The van der Waals surface area contributed by atoms with Crippen molar-refractivity contribution in [3.05, 3.63) is 29.8 Å². The second kappa shape index (κ2) is 14.6. The number of carbonyl (C=O) groups is 4. The summed E-state index contributed by atoms with van der Waals surface area (Å²) < 4.78 is 18.0. The monoisotopic (exact) mass is 664 g/mol. The molecule has 2 aliphatic heterocycles. The summed E-state index contributed by atoms with van der Waals surface area (Å²) in [7, 11) is 0. The standard InChI is InChI=1S/C36H48N4O8/c1-3-46-30-19-29(26-16-11-12-22(2)31(26)38-30)47-25-18-28-32(41)39-36(34(43)44)20-23(36)13-7-5-4-6-8-17-27(33(42)40(28)21-25)37-35(45)48-24-14-9-10-15-24/h11-12,16,19,23-25,27-28H,3-10,13-15,17-18,20-21H2,1-2H3,(H,37,45)(H,39,41)(H,43,44)/t23-,25-,27+,28+,36-/m1/s1. The number of carboxylic acid groups (broad SMARTS) is 1. The molecule has 3 heterocycles. The number of para-hydroxylation sites is 1. The van der Waals surface area contributed by atoms with Crippen LogP contribution in [0.25, 0.3) is 10.9 Å². The van der Waals surface area contributed by atoms with Gasteiger partial charge in [0.1, 0.15) is 35.6 Å². The van der Waals surface area contributed by atoms with E-state index in [4.69, 9.17) is 14.2 Å². The molecule has 3 N–H and O–H groups in total. The Kier molecular flexibility index (Phi) is 10.3. The minimum Gasteiger partial charge on any atom is -0.488 e. The molecule has 260 valence electrons. The highest BCUT2D eigenvalue weighted by molar-refractivity contribution is 5.96. The largest absolute Gasteiger partial charge is 0.488 e. The van der Waals surface area contributed by atoms with Crippen LogP contribution in [0.3, 0.4) is 0 Å². The number of aromatic nitrogens is 1. The molecular formula is C36H48N4O8. The molecular weight excluding hydrogens is 616 g/mol. The molecule has 2 saturated carbocycles. The van der Waals surface area contributed by atoms with Crippen LogP contribution in [-0.4, -0.2) is 81.8 Å². The van der Waals surface area contributed by atoms with Gasteiger partial charge in [0.2, 0.25) is 17.7 Å². The number of nitrogens with zero attached hydrogens (tertiary/aromatic N) is 2. The lowest BCUT2D eigenvalue weighted by Gasteiger charge is -2.29. The zero-order chi connectivity index (χ0) is 33.8. The number of ether oxygens (including phenoxy) is 3. The number of aliphatic carboxylic acids is 1. The zero-order valence-corrected chi connectivity index (χ0v) is 28.0. The van der Waals surface area contributed by atoms with Gasteiger partial charge in [-0.25, -0.2) is 14.6 Å². The first-order chi connectivity index (χ1) is 23.2. The van der Waals surface area contributed by atoms with Crippen LogP contribution in [0.4, 0.5) is 4.79 Å². The summed E-state index contributed by atoms with van der Waals surface area (Å²) in [5, 5.41) is 16.7. The van der Waals surface area contributed by atoms with Crippen LogP contribution in [0.15, 0.2) is 24.3 Å². The first-order valence-corrected chi connectivity index (χ1v) is 17.7. The number of carboxylic acids is 1. The second-order valence-electron chi connectivity index (χ2n) is 13.9. The fourth-order valence-electron chi connectivity index (χ4n) is 7.72. The minimum atomic E-state index is -1.33. The van der Waals surface area contributed by atoms with Gasteiger partial charge < -0.3 is 34.9 Å². The topological polar surface area (TPSA) is 156 Å². The van der Waals surface area contributed by atoms with Crippen LogP contribution < -0.4 is 20.1 Å². The molecule has 4 fully saturated rings. The molecule has 5 atom stereocenters. The highest BCUT2D eigenvalue weighted by Crippen LogP contribution is 2.47. The van der Waals surface area contributed by atoms with E-state index in [1.807, 2.05) is 32.0 Å². The van der Waals surface area contributed by atoms with Crippen molar-refractivity contribution >= 4 is 34.8 Å². The number of carbonyl (C=O) groups excluding carboxylic acids is 3. The number of pyridine rings is 1. The van der Waals surface area contributed by atoms with Gasteiger partial charge in [-0.05, 0) is 76.3 Å². The number of rotatable bonds is 7. The van der Waals surface area contributed by atoms with Crippen molar-refractivity contribution in [2.45, 2.75) is 127 Å². The summed E-state index contributed by atoms with van der Waals surface area (Å²) >= 11 is 0. The number of amides is 3. The first-order valence-electron chi connectivity index (χ1n) is 17.7. The highest BCUT2D eigenvalue weighted by atomic mass is 16.6. The molecule has 3 amide bonds. The lowest BCUT2D eigenvalue weighted by Crippen LogP contribution is -2.56. The average Bonchev–Trinajstić information content (AvgIpc) is 3.34. The predicted octanol–water partition coefficient (Wildman–Crippen LogP) is 5.03. The van der Waals surface area contributed by atoms with Gasteiger partial charge in [0.25, 0.3) is 0 Å². The van der Waals surface area contributed by atoms with Crippen molar-refractivity contribution < 1.29 is 38.5 Å². The number of benzene rings is 1. The van der Waals surface area contributed by atoms with Crippen LogP contribution >= 0.6 is 0 Å². The summed E-state index contributed by atoms with van der Waals surface area (Å²) in [5.74, 6) is -1.19. The maximum Gasteiger partial charge on any atom is 0.408 e. The fourth-order valence-corrected chi connectivity index (χ4v) is 7.72. The third-order valence-electron chi connectivity index (χ3n) is 10.5. The van der Waals surface area contributed by atoms with Gasteiger partial charge in [-0.2, -0.15) is 0 Å². The number of hydrogen-bond acceptors (Lipinski definition) is 8. The van der Waals surface area contributed by atoms with E-state index in [2.05, 4.69) is 15.6 Å². The number of nitrogens with one attached hydrogen (secondary N) is 2. The Morgan fingerprint density at radius 3 is 2.52 bits per heavy atom. The van der Waals surface area contributed by atoms with Gasteiger partial charge in [-0.3, -0.25) is 9.59 Å². The molecule has 4 aliphatic rings. The molecule has 1 aromatic carbocycles. The maximum absolute atomic E-state index is 14.4. The molecule has 0 spiro atoms. The Bertz CT molecular complexity index is 1530. The van der Waals surface area contributed by atoms with E-state index in [9.17, 15) is 24.3 Å². The van der Waals surface area contributed by atoms with Gasteiger partial charge in [0.15, 0.2) is 0 Å². The summed E-state index contributed by atoms with van der Waals surface area (Å²) in [6, 6.07) is 5.63. The summed E-state index contributed by atoms with van der Waals surface area (Å²) in [6.45, 7) is 4.33. The average molecular weight is 665 g/mol. The SMILES string of the molecule is CCOc1cc(O[C@@H]2C[C@H]3C(=O)N[C@]4(C(=O)O)C[C@H]4CCCCCCC[C@H](NC(=O)OC4CCCC4)C(=O)N3C2)c2cccc(C)c2n1. The molecule has 1 aromatic heterocycles. The van der Waals surface area contributed by atoms with E-state index < -0.39 is 47.6 Å². The van der Waals surface area contributed by atoms with Crippen molar-refractivity contribution in [3.63, 3.8) is 0 Å². The maximum atomic E-state index is 14.4. The van der Waals surface area contributed by atoms with Crippen molar-refractivity contribution in [1.29, 1.82) is 0 Å². The molecule has 12 heteroatoms. The highest BCUT2D eigenvalue weighted by Gasteiger charge is 2.62. The molecule has 12 nitrogen and oxygen atoms in total. The van der Waals surface area contributed by atoms with Crippen LogP contribution in [0.1, 0.15) is 96.0 Å². The van der Waals surface area contributed by atoms with Gasteiger partial charge in [0, 0.05) is 17.9 Å². The van der Waals surface area contributed by atoms with Gasteiger partial charge >= 0.3 is 12.1 Å². The molecule has 48 heavy (non-hydrogen) atoms. The van der Waals surface area contributed by atoms with Gasteiger partial charge in [0.05, 0.1) is 18.7 Å². The van der Waals surface area contributed by atoms with E-state index in [1.165, 1.54) is 4.90 Å². The van der Waals surface area contributed by atoms with Gasteiger partial charge in [-0.15, -0.1) is 0 Å². The third-order valence-corrected chi connectivity index (χ3v) is 10.5. The van der Waals surface area contributed by atoms with Crippen LogP contribution in [-0.2, 0) is 19.1 Å². The molecule has 0 radical (unpaired) electrons. The Morgan fingerprint density at radius 2 is 1.77 bits per heavy atom. The summed E-state index contributed by atoms with van der Waals surface area (Å²) in [5.41, 5.74) is 0.344. The molecule has 2 aromatic rings. The van der Waals surface area contributed by atoms with Crippen molar-refractivity contribution in [2.24, 2.45) is 5.92 Å². The molecule has 2 aliphatic carbocycles. The Balaban J connectivity index is 1.29. The molecule has 0 bridgehead atoms. The Morgan fingerprint density at radius 1 is 1.04 bits per heavy atom. The number of fused-ring (bicyclic) bond motifs is 3. The quantitative estimate of drug-likeness (QED) is 0.369. The van der Waals surface area contributed by atoms with E-state index in [-0.39, 0.29) is 25.0 Å². The Hall–Kier alpha value is -4.09. The van der Waals surface area contributed by atoms with E-state index in [0.29, 0.717) is 31.1 Å². The van der Waals surface area contributed by atoms with E-state index in [0.717, 1.165) is 80.7 Å². The predicted molar refractivity (Wildman–Crippen MR) is 177 cm³/mol. The molecule has 2 saturated heterocycles. The van der Waals surface area contributed by atoms with E-state index in [1.54, 1.807) is 6.07 Å². The lowest BCUT2D eigenvalue weighted by atomic mass is 10.0. The van der Waals surface area contributed by atoms with Crippen molar-refractivity contribution in [2.75, 3.05) is 13.2 Å². The zero-order valence-electron chi connectivity index (χ0n) is 28.0. The van der Waals surface area contributed by atoms with Crippen molar-refractivity contribution in [1.82, 2.24) is 20.5 Å². The van der Waals surface area contributed by atoms with E-state index >= 15 is 0 Å². The minimum absolute atomic E-state index is 0.0792. The molecule has 0 unspecified atom stereocenters. The van der Waals surface area contributed by atoms with Crippen LogP contribution in [0.2, 0.25) is 0 Å². The van der Waals surface area contributed by atoms with Crippen molar-refractivity contribution in [3.8, 4) is 11.6 Å².